The predicted molar refractivity (Wildman–Crippen MR) is 87.2 cm³/mol. The smallest absolute Gasteiger partial charge is 0.320 e. The van der Waals surface area contributed by atoms with Crippen LogP contribution in [-0.2, 0) is 14.3 Å². The molecule has 0 aliphatic heterocycles. The van der Waals surface area contributed by atoms with E-state index >= 15 is 0 Å². The first-order chi connectivity index (χ1) is 10.6. The summed E-state index contributed by atoms with van der Waals surface area (Å²) in [5.74, 6) is -0.528. The Morgan fingerprint density at radius 2 is 2.09 bits per heavy atom. The zero-order valence-corrected chi connectivity index (χ0v) is 13.0. The number of hydrogen-bond acceptors (Lipinski definition) is 3. The Bertz CT molecular complexity index is 586. The SMILES string of the molecule is C=CCC1(C(=O)OCC)CCC/C(=C/c2ccccc2)C1=O. The summed E-state index contributed by atoms with van der Waals surface area (Å²) < 4.78 is 5.17. The maximum absolute atomic E-state index is 12.9. The van der Waals surface area contributed by atoms with Crippen LogP contribution in [0.2, 0.25) is 0 Å². The zero-order valence-electron chi connectivity index (χ0n) is 13.0. The van der Waals surface area contributed by atoms with Gasteiger partial charge in [0, 0.05) is 0 Å². The fraction of sp³-hybridized carbons (Fsp3) is 0.368. The fourth-order valence-electron chi connectivity index (χ4n) is 2.99. The van der Waals surface area contributed by atoms with Crippen LogP contribution >= 0.6 is 0 Å². The van der Waals surface area contributed by atoms with Crippen LogP contribution in [0.4, 0.5) is 0 Å². The van der Waals surface area contributed by atoms with Gasteiger partial charge in [-0.05, 0) is 49.8 Å². The molecule has 0 N–H and O–H groups in total. The van der Waals surface area contributed by atoms with E-state index in [1.807, 2.05) is 36.4 Å². The molecule has 1 fully saturated rings. The summed E-state index contributed by atoms with van der Waals surface area (Å²) in [7, 11) is 0. The number of benzene rings is 1. The molecule has 0 saturated heterocycles. The van der Waals surface area contributed by atoms with Gasteiger partial charge >= 0.3 is 5.97 Å². The van der Waals surface area contributed by atoms with Crippen molar-refractivity contribution in [1.29, 1.82) is 0 Å². The van der Waals surface area contributed by atoms with Crippen molar-refractivity contribution < 1.29 is 14.3 Å². The topological polar surface area (TPSA) is 43.4 Å². The molecular formula is C19H22O3. The highest BCUT2D eigenvalue weighted by Gasteiger charge is 2.48. The van der Waals surface area contributed by atoms with Gasteiger partial charge in [0.2, 0.25) is 0 Å². The normalized spacial score (nSPS) is 23.3. The second-order valence-corrected chi connectivity index (χ2v) is 5.56. The fourth-order valence-corrected chi connectivity index (χ4v) is 2.99. The highest BCUT2D eigenvalue weighted by atomic mass is 16.5. The van der Waals surface area contributed by atoms with Crippen molar-refractivity contribution in [3.05, 3.63) is 54.1 Å². The van der Waals surface area contributed by atoms with Crippen molar-refractivity contribution in [2.75, 3.05) is 6.61 Å². The monoisotopic (exact) mass is 298 g/mol. The van der Waals surface area contributed by atoms with E-state index < -0.39 is 11.4 Å². The Hall–Kier alpha value is -2.16. The highest BCUT2D eigenvalue weighted by molar-refractivity contribution is 6.14. The van der Waals surface area contributed by atoms with Crippen molar-refractivity contribution in [3.63, 3.8) is 0 Å². The van der Waals surface area contributed by atoms with Gasteiger partial charge in [-0.15, -0.1) is 6.58 Å². The quantitative estimate of drug-likeness (QED) is 0.358. The molecule has 3 nitrogen and oxygen atoms in total. The number of allylic oxidation sites excluding steroid dienone is 2. The van der Waals surface area contributed by atoms with Crippen molar-refractivity contribution >= 4 is 17.8 Å². The van der Waals surface area contributed by atoms with Gasteiger partial charge in [0.25, 0.3) is 0 Å². The van der Waals surface area contributed by atoms with E-state index in [0.29, 0.717) is 24.8 Å². The molecule has 116 valence electrons. The first-order valence-corrected chi connectivity index (χ1v) is 7.72. The standard InChI is InChI=1S/C19H22O3/c1-3-12-19(18(21)22-4-2)13-8-11-16(17(19)20)14-15-9-6-5-7-10-15/h3,5-7,9-10,14H,1,4,8,11-13H2,2H3/b16-14-. The predicted octanol–water partition coefficient (Wildman–Crippen LogP) is 3.95. The summed E-state index contributed by atoms with van der Waals surface area (Å²) in [4.78, 5) is 25.3. The van der Waals surface area contributed by atoms with Crippen LogP contribution in [0.5, 0.6) is 0 Å². The van der Waals surface area contributed by atoms with E-state index in [1.54, 1.807) is 13.0 Å². The summed E-state index contributed by atoms with van der Waals surface area (Å²) in [6, 6.07) is 9.71. The number of ketones is 1. The molecular weight excluding hydrogens is 276 g/mol. The van der Waals surface area contributed by atoms with E-state index in [-0.39, 0.29) is 12.4 Å². The lowest BCUT2D eigenvalue weighted by atomic mass is 9.68. The molecule has 1 saturated carbocycles. The number of ether oxygens (including phenoxy) is 1. The number of Topliss-reactive ketones (excluding diaryl/α,β-unsaturated/α-hetero) is 1. The minimum absolute atomic E-state index is 0.110. The van der Waals surface area contributed by atoms with Gasteiger partial charge in [-0.25, -0.2) is 0 Å². The van der Waals surface area contributed by atoms with Crippen LogP contribution in [0, 0.1) is 5.41 Å². The van der Waals surface area contributed by atoms with Crippen LogP contribution in [0.1, 0.15) is 38.2 Å². The van der Waals surface area contributed by atoms with Gasteiger partial charge < -0.3 is 4.74 Å². The summed E-state index contributed by atoms with van der Waals surface area (Å²) in [5.41, 5.74) is 0.591. The molecule has 1 aliphatic rings. The van der Waals surface area contributed by atoms with E-state index in [1.165, 1.54) is 0 Å². The van der Waals surface area contributed by atoms with Gasteiger partial charge in [-0.2, -0.15) is 0 Å². The van der Waals surface area contributed by atoms with Gasteiger partial charge in [0.1, 0.15) is 5.41 Å². The molecule has 0 spiro atoms. The Morgan fingerprint density at radius 1 is 1.36 bits per heavy atom. The minimum atomic E-state index is -1.09. The lowest BCUT2D eigenvalue weighted by Crippen LogP contribution is -2.43. The van der Waals surface area contributed by atoms with Crippen LogP contribution < -0.4 is 0 Å². The van der Waals surface area contributed by atoms with Gasteiger partial charge in [0.15, 0.2) is 5.78 Å². The van der Waals surface area contributed by atoms with E-state index in [4.69, 9.17) is 4.74 Å². The molecule has 0 aromatic heterocycles. The molecule has 0 heterocycles. The molecule has 1 aliphatic carbocycles. The Morgan fingerprint density at radius 3 is 2.73 bits per heavy atom. The highest BCUT2D eigenvalue weighted by Crippen LogP contribution is 2.41. The van der Waals surface area contributed by atoms with Gasteiger partial charge in [0.05, 0.1) is 6.61 Å². The summed E-state index contributed by atoms with van der Waals surface area (Å²) in [5, 5.41) is 0. The summed E-state index contributed by atoms with van der Waals surface area (Å²) in [6.07, 6.45) is 5.89. The average molecular weight is 298 g/mol. The Kier molecular flexibility index (Phi) is 5.31. The molecule has 0 bridgehead atoms. The van der Waals surface area contributed by atoms with Crippen molar-refractivity contribution in [2.24, 2.45) is 5.41 Å². The molecule has 1 aromatic rings. The van der Waals surface area contributed by atoms with Gasteiger partial charge in [-0.3, -0.25) is 9.59 Å². The molecule has 22 heavy (non-hydrogen) atoms. The van der Waals surface area contributed by atoms with Crippen LogP contribution in [0.3, 0.4) is 0 Å². The lowest BCUT2D eigenvalue weighted by Gasteiger charge is -2.33. The second-order valence-electron chi connectivity index (χ2n) is 5.56. The third-order valence-electron chi connectivity index (χ3n) is 4.08. The number of rotatable bonds is 5. The number of carbonyl (C=O) groups excluding carboxylic acids is 2. The summed E-state index contributed by atoms with van der Waals surface area (Å²) >= 11 is 0. The third-order valence-corrected chi connectivity index (χ3v) is 4.08. The van der Waals surface area contributed by atoms with Crippen molar-refractivity contribution in [1.82, 2.24) is 0 Å². The molecule has 0 amide bonds. The van der Waals surface area contributed by atoms with E-state index in [0.717, 1.165) is 12.0 Å². The first kappa shape index (κ1) is 16.2. The van der Waals surface area contributed by atoms with Gasteiger partial charge in [-0.1, -0.05) is 36.4 Å². The van der Waals surface area contributed by atoms with E-state index in [9.17, 15) is 9.59 Å². The molecule has 0 radical (unpaired) electrons. The number of hydrogen-bond donors (Lipinski definition) is 0. The van der Waals surface area contributed by atoms with E-state index in [2.05, 4.69) is 6.58 Å². The third kappa shape index (κ3) is 3.19. The van der Waals surface area contributed by atoms with Crippen LogP contribution in [0.15, 0.2) is 48.6 Å². The maximum atomic E-state index is 12.9. The minimum Gasteiger partial charge on any atom is -0.465 e. The number of esters is 1. The maximum Gasteiger partial charge on any atom is 0.320 e. The Labute approximate surface area is 131 Å². The van der Waals surface area contributed by atoms with Crippen molar-refractivity contribution in [3.8, 4) is 0 Å². The van der Waals surface area contributed by atoms with Crippen LogP contribution in [-0.4, -0.2) is 18.4 Å². The summed E-state index contributed by atoms with van der Waals surface area (Å²) in [6.45, 7) is 5.74. The lowest BCUT2D eigenvalue weighted by molar-refractivity contribution is -0.160. The molecule has 1 atom stereocenters. The molecule has 1 unspecified atom stereocenters. The molecule has 2 rings (SSSR count). The zero-order chi connectivity index (χ0) is 16.0. The average Bonchev–Trinajstić information content (AvgIpc) is 2.53. The second kappa shape index (κ2) is 7.21. The molecule has 3 heteroatoms. The Balaban J connectivity index is 2.36. The molecule has 1 aromatic carbocycles. The largest absolute Gasteiger partial charge is 0.465 e. The van der Waals surface area contributed by atoms with Crippen LogP contribution in [0.25, 0.3) is 6.08 Å². The van der Waals surface area contributed by atoms with Crippen molar-refractivity contribution in [2.45, 2.75) is 32.6 Å². The number of carbonyl (C=O) groups is 2. The first-order valence-electron chi connectivity index (χ1n) is 7.72.